The first-order valence-corrected chi connectivity index (χ1v) is 10.2. The fourth-order valence-corrected chi connectivity index (χ4v) is 4.29. The van der Waals surface area contributed by atoms with E-state index in [-0.39, 0.29) is 22.4 Å². The summed E-state index contributed by atoms with van der Waals surface area (Å²) in [6, 6.07) is 12.1. The van der Waals surface area contributed by atoms with Crippen LogP contribution in [0.4, 0.5) is 17.1 Å². The molecule has 3 N–H and O–H groups in total. The molecule has 0 spiro atoms. The summed E-state index contributed by atoms with van der Waals surface area (Å²) in [4.78, 5) is 23.8. The fourth-order valence-electron chi connectivity index (χ4n) is 3.21. The van der Waals surface area contributed by atoms with Crippen LogP contribution in [-0.2, 0) is 14.8 Å². The molecule has 0 saturated carbocycles. The van der Waals surface area contributed by atoms with Crippen LogP contribution >= 0.6 is 0 Å². The number of nitro benzene ring substituents is 1. The lowest BCUT2D eigenvalue weighted by Crippen LogP contribution is -2.38. The maximum absolute atomic E-state index is 12.6. The van der Waals surface area contributed by atoms with Crippen LogP contribution < -0.4 is 15.4 Å². The highest BCUT2D eigenvalue weighted by molar-refractivity contribution is 7.92. The standard InChI is InChI=1S/C18H20N4O5S/c19-18(23)13-8-10-21(11-9-13)16-7-6-15(12-17(16)22(24)25)28(26,27)20-14-4-2-1-3-5-14/h1-7,12-13,20H,8-11H2,(H2,19,23). The molecule has 1 aliphatic heterocycles. The predicted octanol–water partition coefficient (Wildman–Crippen LogP) is 2.10. The van der Waals surface area contributed by atoms with Crippen LogP contribution in [0, 0.1) is 16.0 Å². The highest BCUT2D eigenvalue weighted by Gasteiger charge is 2.29. The molecule has 3 rings (SSSR count). The van der Waals surface area contributed by atoms with Gasteiger partial charge in [-0.2, -0.15) is 0 Å². The summed E-state index contributed by atoms with van der Waals surface area (Å²) in [5.74, 6) is -0.618. The molecule has 28 heavy (non-hydrogen) atoms. The smallest absolute Gasteiger partial charge is 0.293 e. The number of benzene rings is 2. The summed E-state index contributed by atoms with van der Waals surface area (Å²) in [5.41, 5.74) is 5.71. The zero-order valence-electron chi connectivity index (χ0n) is 14.9. The van der Waals surface area contributed by atoms with Gasteiger partial charge in [0.2, 0.25) is 5.91 Å². The van der Waals surface area contributed by atoms with Gasteiger partial charge in [0.15, 0.2) is 0 Å². The quantitative estimate of drug-likeness (QED) is 0.559. The van der Waals surface area contributed by atoms with E-state index in [1.54, 1.807) is 35.2 Å². The number of rotatable bonds is 6. The number of hydrogen-bond acceptors (Lipinski definition) is 6. The Kier molecular flexibility index (Phi) is 5.50. The van der Waals surface area contributed by atoms with Crippen LogP contribution in [0.25, 0.3) is 0 Å². The molecule has 0 radical (unpaired) electrons. The van der Waals surface area contributed by atoms with Crippen molar-refractivity contribution in [3.8, 4) is 0 Å². The Hall–Kier alpha value is -3.14. The third kappa shape index (κ3) is 4.22. The number of amides is 1. The van der Waals surface area contributed by atoms with Crippen molar-refractivity contribution in [2.75, 3.05) is 22.7 Å². The van der Waals surface area contributed by atoms with Gasteiger partial charge in [-0.1, -0.05) is 18.2 Å². The van der Waals surface area contributed by atoms with Crippen LogP contribution in [-0.4, -0.2) is 32.3 Å². The van der Waals surface area contributed by atoms with Gasteiger partial charge < -0.3 is 10.6 Å². The van der Waals surface area contributed by atoms with Crippen molar-refractivity contribution < 1.29 is 18.1 Å². The van der Waals surface area contributed by atoms with Crippen LogP contribution in [0.15, 0.2) is 53.4 Å². The molecule has 2 aromatic carbocycles. The van der Waals surface area contributed by atoms with Crippen molar-refractivity contribution >= 4 is 33.0 Å². The summed E-state index contributed by atoms with van der Waals surface area (Å²) in [5, 5.41) is 11.6. The Labute approximate surface area is 162 Å². The molecule has 0 aromatic heterocycles. The van der Waals surface area contributed by atoms with Crippen LogP contribution in [0.1, 0.15) is 12.8 Å². The Balaban J connectivity index is 1.87. The first kappa shape index (κ1) is 19.6. The van der Waals surface area contributed by atoms with E-state index in [1.807, 2.05) is 0 Å². The van der Waals surface area contributed by atoms with Crippen molar-refractivity contribution in [2.24, 2.45) is 11.7 Å². The number of nitrogens with two attached hydrogens (primary N) is 1. The SMILES string of the molecule is NC(=O)C1CCN(c2ccc(S(=O)(=O)Nc3ccccc3)cc2[N+](=O)[O-])CC1. The number of nitrogens with zero attached hydrogens (tertiary/aromatic N) is 2. The Morgan fingerprint density at radius 2 is 1.79 bits per heavy atom. The first-order valence-electron chi connectivity index (χ1n) is 8.68. The van der Waals surface area contributed by atoms with Gasteiger partial charge in [-0.05, 0) is 37.1 Å². The number of para-hydroxylation sites is 1. The number of primary amides is 1. The van der Waals surface area contributed by atoms with Crippen molar-refractivity contribution in [1.82, 2.24) is 0 Å². The molecule has 148 valence electrons. The molecule has 1 aliphatic rings. The van der Waals surface area contributed by atoms with Gasteiger partial charge in [-0.3, -0.25) is 19.6 Å². The summed E-state index contributed by atoms with van der Waals surface area (Å²) < 4.78 is 27.6. The van der Waals surface area contributed by atoms with Gasteiger partial charge in [0.25, 0.3) is 15.7 Å². The van der Waals surface area contributed by atoms with Crippen LogP contribution in [0.2, 0.25) is 0 Å². The van der Waals surface area contributed by atoms with Crippen molar-refractivity contribution in [3.05, 3.63) is 58.6 Å². The topological polar surface area (TPSA) is 136 Å². The Morgan fingerprint density at radius 1 is 1.14 bits per heavy atom. The van der Waals surface area contributed by atoms with Gasteiger partial charge in [0.05, 0.1) is 9.82 Å². The average Bonchev–Trinajstić information content (AvgIpc) is 2.68. The lowest BCUT2D eigenvalue weighted by Gasteiger charge is -2.32. The summed E-state index contributed by atoms with van der Waals surface area (Å²) in [6.07, 6.45) is 1.00. The molecular weight excluding hydrogens is 384 g/mol. The number of nitrogens with one attached hydrogen (secondary N) is 1. The molecule has 1 fully saturated rings. The maximum Gasteiger partial charge on any atom is 0.293 e. The molecule has 0 aliphatic carbocycles. The zero-order chi connectivity index (χ0) is 20.3. The number of carbonyl (C=O) groups excluding carboxylic acids is 1. The number of anilines is 2. The van der Waals surface area contributed by atoms with Gasteiger partial charge >= 0.3 is 0 Å². The molecule has 10 heteroatoms. The van der Waals surface area contributed by atoms with E-state index in [0.717, 1.165) is 6.07 Å². The van der Waals surface area contributed by atoms with Gasteiger partial charge in [-0.25, -0.2) is 8.42 Å². The predicted molar refractivity (Wildman–Crippen MR) is 104 cm³/mol. The second-order valence-corrected chi connectivity index (χ2v) is 8.23. The third-order valence-corrected chi connectivity index (χ3v) is 6.10. The van der Waals surface area contributed by atoms with Gasteiger partial charge in [0, 0.05) is 30.8 Å². The first-order chi connectivity index (χ1) is 13.3. The molecule has 0 bridgehead atoms. The number of carbonyl (C=O) groups is 1. The van der Waals surface area contributed by atoms with Crippen molar-refractivity contribution in [2.45, 2.75) is 17.7 Å². The second kappa shape index (κ2) is 7.85. The van der Waals surface area contributed by atoms with Gasteiger partial charge in [0.1, 0.15) is 5.69 Å². The molecule has 1 heterocycles. The molecule has 1 amide bonds. The van der Waals surface area contributed by atoms with E-state index in [2.05, 4.69) is 4.72 Å². The Bertz CT molecular complexity index is 986. The average molecular weight is 404 g/mol. The van der Waals surface area contributed by atoms with Crippen molar-refractivity contribution in [3.63, 3.8) is 0 Å². The minimum absolute atomic E-state index is 0.196. The van der Waals surface area contributed by atoms with E-state index in [0.29, 0.717) is 37.3 Å². The summed E-state index contributed by atoms with van der Waals surface area (Å²) >= 11 is 0. The molecular formula is C18H20N4O5S. The normalized spacial score (nSPS) is 15.2. The Morgan fingerprint density at radius 3 is 2.36 bits per heavy atom. The highest BCUT2D eigenvalue weighted by Crippen LogP contribution is 2.33. The lowest BCUT2D eigenvalue weighted by atomic mass is 9.96. The molecule has 1 saturated heterocycles. The molecule has 2 aromatic rings. The lowest BCUT2D eigenvalue weighted by molar-refractivity contribution is -0.384. The van der Waals surface area contributed by atoms with Crippen LogP contribution in [0.3, 0.4) is 0 Å². The second-order valence-electron chi connectivity index (χ2n) is 6.54. The van der Waals surface area contributed by atoms with Gasteiger partial charge in [-0.15, -0.1) is 0 Å². The number of nitro groups is 1. The van der Waals surface area contributed by atoms with E-state index in [9.17, 15) is 23.3 Å². The third-order valence-electron chi connectivity index (χ3n) is 4.72. The minimum Gasteiger partial charge on any atom is -0.369 e. The van der Waals surface area contributed by atoms with E-state index in [4.69, 9.17) is 5.73 Å². The number of hydrogen-bond donors (Lipinski definition) is 2. The minimum atomic E-state index is -3.97. The van der Waals surface area contributed by atoms with E-state index < -0.39 is 14.9 Å². The largest absolute Gasteiger partial charge is 0.369 e. The summed E-state index contributed by atoms with van der Waals surface area (Å²) in [7, 11) is -3.97. The van der Waals surface area contributed by atoms with Crippen LogP contribution in [0.5, 0.6) is 0 Å². The molecule has 0 atom stereocenters. The number of sulfonamides is 1. The fraction of sp³-hybridized carbons (Fsp3) is 0.278. The molecule has 0 unspecified atom stereocenters. The zero-order valence-corrected chi connectivity index (χ0v) is 15.8. The number of piperidine rings is 1. The monoisotopic (exact) mass is 404 g/mol. The summed E-state index contributed by atoms with van der Waals surface area (Å²) in [6.45, 7) is 0.867. The molecule has 9 nitrogen and oxygen atoms in total. The van der Waals surface area contributed by atoms with E-state index in [1.165, 1.54) is 12.1 Å². The maximum atomic E-state index is 12.6. The highest BCUT2D eigenvalue weighted by atomic mass is 32.2. The van der Waals surface area contributed by atoms with E-state index >= 15 is 0 Å². The van der Waals surface area contributed by atoms with Crippen molar-refractivity contribution in [1.29, 1.82) is 0 Å².